The van der Waals surface area contributed by atoms with Crippen LogP contribution in [0.25, 0.3) is 5.69 Å². The Kier molecular flexibility index (Phi) is 4.30. The molecule has 1 aromatic heterocycles. The lowest BCUT2D eigenvalue weighted by atomic mass is 10.2. The summed E-state index contributed by atoms with van der Waals surface area (Å²) in [5.74, 6) is -0.0562. The van der Waals surface area contributed by atoms with Crippen LogP contribution >= 0.6 is 0 Å². The van der Waals surface area contributed by atoms with E-state index in [-0.39, 0.29) is 11.9 Å². The van der Waals surface area contributed by atoms with Gasteiger partial charge in [0.15, 0.2) is 0 Å². The lowest BCUT2D eigenvalue weighted by Crippen LogP contribution is -2.37. The van der Waals surface area contributed by atoms with Crippen molar-refractivity contribution in [3.8, 4) is 5.69 Å². The SMILES string of the molecule is CNC(C)CNC(=O)c1ccc(-n2ccnc2)cc1. The van der Waals surface area contributed by atoms with E-state index in [2.05, 4.69) is 15.6 Å². The number of benzene rings is 1. The molecular weight excluding hydrogens is 240 g/mol. The summed E-state index contributed by atoms with van der Waals surface area (Å²) >= 11 is 0. The summed E-state index contributed by atoms with van der Waals surface area (Å²) in [5, 5.41) is 5.96. The summed E-state index contributed by atoms with van der Waals surface area (Å²) in [5.41, 5.74) is 1.64. The highest BCUT2D eigenvalue weighted by molar-refractivity contribution is 5.94. The number of aromatic nitrogens is 2. The number of carbonyl (C=O) groups is 1. The van der Waals surface area contributed by atoms with Crippen molar-refractivity contribution in [2.24, 2.45) is 0 Å². The maximum Gasteiger partial charge on any atom is 0.251 e. The fraction of sp³-hybridized carbons (Fsp3) is 0.286. The van der Waals surface area contributed by atoms with Crippen molar-refractivity contribution in [3.05, 3.63) is 48.5 Å². The van der Waals surface area contributed by atoms with E-state index in [4.69, 9.17) is 0 Å². The smallest absolute Gasteiger partial charge is 0.251 e. The van der Waals surface area contributed by atoms with Gasteiger partial charge in [0, 0.05) is 36.2 Å². The Morgan fingerprint density at radius 1 is 1.37 bits per heavy atom. The van der Waals surface area contributed by atoms with Gasteiger partial charge in [0.05, 0.1) is 6.33 Å². The first-order valence-electron chi connectivity index (χ1n) is 6.24. The second-order valence-electron chi connectivity index (χ2n) is 4.42. The molecule has 0 aliphatic carbocycles. The standard InChI is InChI=1S/C14H18N4O/c1-11(15-2)9-17-14(19)12-3-5-13(6-4-12)18-8-7-16-10-18/h3-8,10-11,15H,9H2,1-2H3,(H,17,19). The molecule has 0 saturated heterocycles. The van der Waals surface area contributed by atoms with Crippen molar-refractivity contribution in [2.75, 3.05) is 13.6 Å². The van der Waals surface area contributed by atoms with E-state index in [9.17, 15) is 4.79 Å². The monoisotopic (exact) mass is 258 g/mol. The summed E-state index contributed by atoms with van der Waals surface area (Å²) < 4.78 is 1.89. The topological polar surface area (TPSA) is 58.9 Å². The quantitative estimate of drug-likeness (QED) is 0.847. The van der Waals surface area contributed by atoms with Crippen LogP contribution in [0, 0.1) is 0 Å². The predicted octanol–water partition coefficient (Wildman–Crippen LogP) is 1.21. The van der Waals surface area contributed by atoms with Crippen molar-refractivity contribution in [1.82, 2.24) is 20.2 Å². The second-order valence-corrected chi connectivity index (χ2v) is 4.42. The van der Waals surface area contributed by atoms with Crippen LogP contribution in [0.4, 0.5) is 0 Å². The highest BCUT2D eigenvalue weighted by Crippen LogP contribution is 2.09. The van der Waals surface area contributed by atoms with Crippen molar-refractivity contribution in [2.45, 2.75) is 13.0 Å². The minimum atomic E-state index is -0.0562. The Morgan fingerprint density at radius 3 is 2.68 bits per heavy atom. The van der Waals surface area contributed by atoms with Gasteiger partial charge in [-0.15, -0.1) is 0 Å². The minimum Gasteiger partial charge on any atom is -0.350 e. The zero-order chi connectivity index (χ0) is 13.7. The van der Waals surface area contributed by atoms with Crippen LogP contribution in [0.2, 0.25) is 0 Å². The van der Waals surface area contributed by atoms with Gasteiger partial charge in [-0.2, -0.15) is 0 Å². The van der Waals surface area contributed by atoms with E-state index in [0.29, 0.717) is 12.1 Å². The van der Waals surface area contributed by atoms with Gasteiger partial charge in [-0.3, -0.25) is 4.79 Å². The van der Waals surface area contributed by atoms with Gasteiger partial charge in [-0.25, -0.2) is 4.98 Å². The summed E-state index contributed by atoms with van der Waals surface area (Å²) in [6.45, 7) is 2.63. The molecule has 0 aliphatic heterocycles. The van der Waals surface area contributed by atoms with Gasteiger partial charge in [0.25, 0.3) is 5.91 Å². The molecule has 1 heterocycles. The Labute approximate surface area is 112 Å². The van der Waals surface area contributed by atoms with E-state index >= 15 is 0 Å². The zero-order valence-electron chi connectivity index (χ0n) is 11.1. The third-order valence-electron chi connectivity index (χ3n) is 2.99. The molecule has 0 radical (unpaired) electrons. The van der Waals surface area contributed by atoms with E-state index in [0.717, 1.165) is 5.69 Å². The molecule has 0 saturated carbocycles. The molecule has 1 atom stereocenters. The second kappa shape index (κ2) is 6.15. The highest BCUT2D eigenvalue weighted by atomic mass is 16.1. The van der Waals surface area contributed by atoms with Crippen LogP contribution in [0.15, 0.2) is 43.0 Å². The average Bonchev–Trinajstić information content (AvgIpc) is 2.98. The first-order chi connectivity index (χ1) is 9.20. The van der Waals surface area contributed by atoms with Gasteiger partial charge in [0.2, 0.25) is 0 Å². The maximum absolute atomic E-state index is 11.9. The van der Waals surface area contributed by atoms with Gasteiger partial charge >= 0.3 is 0 Å². The van der Waals surface area contributed by atoms with Crippen LogP contribution in [0.5, 0.6) is 0 Å². The summed E-state index contributed by atoms with van der Waals surface area (Å²) in [6, 6.07) is 7.69. The number of hydrogen-bond donors (Lipinski definition) is 2. The van der Waals surface area contributed by atoms with Crippen molar-refractivity contribution in [3.63, 3.8) is 0 Å². The van der Waals surface area contributed by atoms with Crippen LogP contribution in [0.1, 0.15) is 17.3 Å². The Hall–Kier alpha value is -2.14. The van der Waals surface area contributed by atoms with E-state index in [1.165, 1.54) is 0 Å². The van der Waals surface area contributed by atoms with Gasteiger partial charge in [0.1, 0.15) is 0 Å². The van der Waals surface area contributed by atoms with Gasteiger partial charge in [-0.1, -0.05) is 0 Å². The zero-order valence-corrected chi connectivity index (χ0v) is 11.1. The molecule has 1 unspecified atom stereocenters. The third kappa shape index (κ3) is 3.42. The molecule has 2 N–H and O–H groups in total. The van der Waals surface area contributed by atoms with E-state index < -0.39 is 0 Å². The summed E-state index contributed by atoms with van der Waals surface area (Å²) in [4.78, 5) is 15.9. The van der Waals surface area contributed by atoms with Crippen LogP contribution in [-0.2, 0) is 0 Å². The number of nitrogens with one attached hydrogen (secondary N) is 2. The van der Waals surface area contributed by atoms with Crippen molar-refractivity contribution < 1.29 is 4.79 Å². The fourth-order valence-electron chi connectivity index (χ4n) is 1.65. The average molecular weight is 258 g/mol. The third-order valence-corrected chi connectivity index (χ3v) is 2.99. The van der Waals surface area contributed by atoms with Crippen molar-refractivity contribution in [1.29, 1.82) is 0 Å². The Bertz CT molecular complexity index is 519. The van der Waals surface area contributed by atoms with Crippen molar-refractivity contribution >= 4 is 5.91 Å². The molecule has 2 aromatic rings. The largest absolute Gasteiger partial charge is 0.350 e. The van der Waals surface area contributed by atoms with Gasteiger partial charge in [-0.05, 0) is 38.2 Å². The number of carbonyl (C=O) groups excluding carboxylic acids is 1. The van der Waals surface area contributed by atoms with E-state index in [1.54, 1.807) is 12.5 Å². The van der Waals surface area contributed by atoms with Crippen LogP contribution in [0.3, 0.4) is 0 Å². The van der Waals surface area contributed by atoms with E-state index in [1.807, 2.05) is 49.0 Å². The summed E-state index contributed by atoms with van der Waals surface area (Å²) in [7, 11) is 1.87. The Morgan fingerprint density at radius 2 is 2.11 bits per heavy atom. The molecule has 100 valence electrons. The number of rotatable bonds is 5. The molecule has 1 aromatic carbocycles. The van der Waals surface area contributed by atoms with Crippen LogP contribution < -0.4 is 10.6 Å². The number of likely N-dealkylation sites (N-methyl/N-ethyl adjacent to an activating group) is 1. The molecular formula is C14H18N4O. The Balaban J connectivity index is 2.00. The molecule has 2 rings (SSSR count). The molecule has 1 amide bonds. The predicted molar refractivity (Wildman–Crippen MR) is 74.4 cm³/mol. The molecule has 19 heavy (non-hydrogen) atoms. The normalized spacial score (nSPS) is 12.1. The molecule has 5 nitrogen and oxygen atoms in total. The molecule has 0 aliphatic rings. The molecule has 5 heteroatoms. The highest BCUT2D eigenvalue weighted by Gasteiger charge is 2.06. The number of nitrogens with zero attached hydrogens (tertiary/aromatic N) is 2. The maximum atomic E-state index is 11.9. The molecule has 0 fully saturated rings. The first kappa shape index (κ1) is 13.3. The number of hydrogen-bond acceptors (Lipinski definition) is 3. The molecule has 0 bridgehead atoms. The first-order valence-corrected chi connectivity index (χ1v) is 6.24. The van der Waals surface area contributed by atoms with Gasteiger partial charge < -0.3 is 15.2 Å². The van der Waals surface area contributed by atoms with Crippen LogP contribution in [-0.4, -0.2) is 35.1 Å². The lowest BCUT2D eigenvalue weighted by Gasteiger charge is -2.11. The summed E-state index contributed by atoms with van der Waals surface area (Å²) in [6.07, 6.45) is 5.31. The fourth-order valence-corrected chi connectivity index (χ4v) is 1.65. The lowest BCUT2D eigenvalue weighted by molar-refractivity contribution is 0.0950. The number of imidazole rings is 1. The molecule has 0 spiro atoms. The minimum absolute atomic E-state index is 0.0562. The number of amides is 1.